The number of aryl methyl sites for hydroxylation is 1. The third-order valence-corrected chi connectivity index (χ3v) is 5.73. The van der Waals surface area contributed by atoms with Crippen molar-refractivity contribution >= 4 is 21.5 Å². The number of rotatable bonds is 4. The van der Waals surface area contributed by atoms with Gasteiger partial charge in [-0.3, -0.25) is 0 Å². The molecule has 1 aliphatic heterocycles. The summed E-state index contributed by atoms with van der Waals surface area (Å²) in [4.78, 5) is 9.12. The highest BCUT2D eigenvalue weighted by molar-refractivity contribution is 7.89. The molecule has 24 heavy (non-hydrogen) atoms. The first-order valence-corrected chi connectivity index (χ1v) is 9.45. The summed E-state index contributed by atoms with van der Waals surface area (Å²) in [6, 6.07) is 11.2. The Morgan fingerprint density at radius 2 is 1.71 bits per heavy atom. The van der Waals surface area contributed by atoms with E-state index in [0.717, 1.165) is 37.7 Å². The predicted molar refractivity (Wildman–Crippen MR) is 96.1 cm³/mol. The number of nitrogens with one attached hydrogen (secondary N) is 1. The third kappa shape index (κ3) is 3.37. The zero-order chi connectivity index (χ0) is 17.2. The Labute approximate surface area is 143 Å². The number of hydrogen-bond acceptors (Lipinski definition) is 5. The van der Waals surface area contributed by atoms with Crippen LogP contribution in [-0.4, -0.2) is 46.6 Å². The summed E-state index contributed by atoms with van der Waals surface area (Å²) in [7, 11) is -2.03. The number of para-hydroxylation sites is 1. The lowest BCUT2D eigenvalue weighted by Gasteiger charge is -2.37. The van der Waals surface area contributed by atoms with Crippen molar-refractivity contribution in [1.82, 2.24) is 9.71 Å². The minimum Gasteiger partial charge on any atom is -0.367 e. The van der Waals surface area contributed by atoms with Gasteiger partial charge in [0.15, 0.2) is 0 Å². The third-order valence-electron chi connectivity index (χ3n) is 4.27. The lowest BCUT2D eigenvalue weighted by atomic mass is 10.2. The summed E-state index contributed by atoms with van der Waals surface area (Å²) >= 11 is 0. The maximum Gasteiger partial charge on any atom is 0.242 e. The number of benzene rings is 1. The predicted octanol–water partition coefficient (Wildman–Crippen LogP) is 1.62. The van der Waals surface area contributed by atoms with Crippen LogP contribution in [0.3, 0.4) is 0 Å². The maximum absolute atomic E-state index is 12.2. The molecule has 0 atom stereocenters. The molecule has 0 unspecified atom stereocenters. The van der Waals surface area contributed by atoms with Gasteiger partial charge in [0.25, 0.3) is 0 Å². The van der Waals surface area contributed by atoms with E-state index in [-0.39, 0.29) is 0 Å². The zero-order valence-electron chi connectivity index (χ0n) is 13.9. The Hall–Kier alpha value is -2.12. The fraction of sp³-hybridized carbons (Fsp3) is 0.353. The fourth-order valence-corrected chi connectivity index (χ4v) is 3.88. The minimum atomic E-state index is -3.47. The van der Waals surface area contributed by atoms with Gasteiger partial charge in [-0.1, -0.05) is 12.1 Å². The van der Waals surface area contributed by atoms with E-state index in [4.69, 9.17) is 0 Å². The standard InChI is InChI=1S/C17H22N4O2S/c1-14-7-8-19-17(13-14)21-11-9-20(10-12-21)15-5-3-4-6-16(15)24(22,23)18-2/h3-8,13,18H,9-12H2,1-2H3. The van der Waals surface area contributed by atoms with E-state index in [0.29, 0.717) is 4.90 Å². The van der Waals surface area contributed by atoms with Crippen molar-refractivity contribution < 1.29 is 8.42 Å². The molecule has 1 fully saturated rings. The molecule has 0 saturated carbocycles. The van der Waals surface area contributed by atoms with Crippen LogP contribution >= 0.6 is 0 Å². The van der Waals surface area contributed by atoms with Crippen molar-refractivity contribution in [3.63, 3.8) is 0 Å². The van der Waals surface area contributed by atoms with Crippen LogP contribution in [-0.2, 0) is 10.0 Å². The van der Waals surface area contributed by atoms with Crippen molar-refractivity contribution in [2.24, 2.45) is 0 Å². The van der Waals surface area contributed by atoms with Crippen molar-refractivity contribution in [1.29, 1.82) is 0 Å². The molecule has 1 saturated heterocycles. The average molecular weight is 346 g/mol. The van der Waals surface area contributed by atoms with Crippen LogP contribution in [0.5, 0.6) is 0 Å². The Morgan fingerprint density at radius 1 is 1.04 bits per heavy atom. The molecule has 0 aliphatic carbocycles. The van der Waals surface area contributed by atoms with E-state index in [1.165, 1.54) is 12.6 Å². The average Bonchev–Trinajstić information content (AvgIpc) is 2.62. The topological polar surface area (TPSA) is 65.5 Å². The largest absolute Gasteiger partial charge is 0.367 e. The second-order valence-electron chi connectivity index (χ2n) is 5.84. The van der Waals surface area contributed by atoms with Crippen LogP contribution in [0.2, 0.25) is 0 Å². The van der Waals surface area contributed by atoms with E-state index in [1.54, 1.807) is 12.1 Å². The summed E-state index contributed by atoms with van der Waals surface area (Å²) in [6.07, 6.45) is 1.83. The highest BCUT2D eigenvalue weighted by Crippen LogP contribution is 2.26. The molecule has 6 nitrogen and oxygen atoms in total. The highest BCUT2D eigenvalue weighted by atomic mass is 32.2. The molecule has 128 valence electrons. The van der Waals surface area contributed by atoms with Crippen molar-refractivity contribution in [3.8, 4) is 0 Å². The number of hydrogen-bond donors (Lipinski definition) is 1. The number of pyridine rings is 1. The van der Waals surface area contributed by atoms with Crippen LogP contribution in [0.15, 0.2) is 47.5 Å². The maximum atomic E-state index is 12.2. The van der Waals surface area contributed by atoms with Gasteiger partial charge in [-0.25, -0.2) is 18.1 Å². The monoisotopic (exact) mass is 346 g/mol. The summed E-state index contributed by atoms with van der Waals surface area (Å²) in [5, 5.41) is 0. The van der Waals surface area contributed by atoms with E-state index >= 15 is 0 Å². The van der Waals surface area contributed by atoms with Crippen LogP contribution in [0.4, 0.5) is 11.5 Å². The Bertz CT molecular complexity index is 815. The molecule has 3 rings (SSSR count). The molecule has 7 heteroatoms. The van der Waals surface area contributed by atoms with E-state index < -0.39 is 10.0 Å². The number of aromatic nitrogens is 1. The minimum absolute atomic E-state index is 0.328. The van der Waals surface area contributed by atoms with E-state index in [2.05, 4.69) is 32.5 Å². The van der Waals surface area contributed by atoms with Crippen LogP contribution < -0.4 is 14.5 Å². The molecule has 0 spiro atoms. The highest BCUT2D eigenvalue weighted by Gasteiger charge is 2.24. The molecular formula is C17H22N4O2S. The SMILES string of the molecule is CNS(=O)(=O)c1ccccc1N1CCN(c2cc(C)ccn2)CC1. The first-order chi connectivity index (χ1) is 11.5. The van der Waals surface area contributed by atoms with Crippen LogP contribution in [0, 0.1) is 6.92 Å². The van der Waals surface area contributed by atoms with Gasteiger partial charge < -0.3 is 9.80 Å². The Kier molecular flexibility index (Phi) is 4.73. The molecule has 1 aromatic carbocycles. The van der Waals surface area contributed by atoms with Gasteiger partial charge >= 0.3 is 0 Å². The molecule has 0 bridgehead atoms. The molecule has 0 amide bonds. The molecule has 2 aromatic rings. The first-order valence-electron chi connectivity index (χ1n) is 7.96. The van der Waals surface area contributed by atoms with Gasteiger partial charge in [-0.15, -0.1) is 0 Å². The molecule has 1 N–H and O–H groups in total. The van der Waals surface area contributed by atoms with Crippen molar-refractivity contribution in [3.05, 3.63) is 48.2 Å². The van der Waals surface area contributed by atoms with Gasteiger partial charge in [0, 0.05) is 32.4 Å². The van der Waals surface area contributed by atoms with Gasteiger partial charge in [-0.05, 0) is 43.8 Å². The fourth-order valence-electron chi connectivity index (χ4n) is 2.93. The molecule has 1 aliphatic rings. The van der Waals surface area contributed by atoms with E-state index in [9.17, 15) is 8.42 Å². The second-order valence-corrected chi connectivity index (χ2v) is 7.70. The van der Waals surface area contributed by atoms with Gasteiger partial charge in [0.2, 0.25) is 10.0 Å². The number of piperazine rings is 1. The van der Waals surface area contributed by atoms with Crippen molar-refractivity contribution in [2.45, 2.75) is 11.8 Å². The number of anilines is 2. The smallest absolute Gasteiger partial charge is 0.242 e. The number of sulfonamides is 1. The molecular weight excluding hydrogens is 324 g/mol. The lowest BCUT2D eigenvalue weighted by Crippen LogP contribution is -2.47. The summed E-state index contributed by atoms with van der Waals surface area (Å²) < 4.78 is 26.9. The van der Waals surface area contributed by atoms with Gasteiger partial charge in [-0.2, -0.15) is 0 Å². The molecule has 0 radical (unpaired) electrons. The summed E-state index contributed by atoms with van der Waals surface area (Å²) in [6.45, 7) is 5.19. The van der Waals surface area contributed by atoms with Crippen LogP contribution in [0.1, 0.15) is 5.56 Å². The van der Waals surface area contributed by atoms with E-state index in [1.807, 2.05) is 24.4 Å². The molecule has 2 heterocycles. The van der Waals surface area contributed by atoms with Gasteiger partial charge in [0.1, 0.15) is 10.7 Å². The summed E-state index contributed by atoms with van der Waals surface area (Å²) in [5.41, 5.74) is 1.94. The second kappa shape index (κ2) is 6.78. The number of nitrogens with zero attached hydrogens (tertiary/aromatic N) is 3. The van der Waals surface area contributed by atoms with Crippen molar-refractivity contribution in [2.75, 3.05) is 43.0 Å². The molecule has 1 aromatic heterocycles. The zero-order valence-corrected chi connectivity index (χ0v) is 14.8. The van der Waals surface area contributed by atoms with Crippen LogP contribution in [0.25, 0.3) is 0 Å². The van der Waals surface area contributed by atoms with Gasteiger partial charge in [0.05, 0.1) is 5.69 Å². The lowest BCUT2D eigenvalue weighted by molar-refractivity contribution is 0.586. The normalized spacial score (nSPS) is 15.6. The quantitative estimate of drug-likeness (QED) is 0.911. The first kappa shape index (κ1) is 16.7. The summed E-state index contributed by atoms with van der Waals surface area (Å²) in [5.74, 6) is 0.978. The Morgan fingerprint density at radius 3 is 2.38 bits per heavy atom. The Balaban J connectivity index is 1.78.